The van der Waals surface area contributed by atoms with Gasteiger partial charge in [0, 0.05) is 36.2 Å². The van der Waals surface area contributed by atoms with Gasteiger partial charge in [-0.05, 0) is 101 Å². The summed E-state index contributed by atoms with van der Waals surface area (Å²) in [7, 11) is 3.23. The van der Waals surface area contributed by atoms with Gasteiger partial charge in [0.15, 0.2) is 0 Å². The van der Waals surface area contributed by atoms with Gasteiger partial charge in [-0.15, -0.1) is 0 Å². The number of amides is 2. The minimum Gasteiger partial charge on any atom is -0.448 e. The summed E-state index contributed by atoms with van der Waals surface area (Å²) in [5, 5.41) is 9.26. The highest BCUT2D eigenvalue weighted by molar-refractivity contribution is 8.76. The van der Waals surface area contributed by atoms with E-state index in [4.69, 9.17) is 9.73 Å². The van der Waals surface area contributed by atoms with Crippen LogP contribution in [0.1, 0.15) is 34.8 Å². The molecule has 1 heterocycles. The van der Waals surface area contributed by atoms with E-state index in [0.717, 1.165) is 63.1 Å². The van der Waals surface area contributed by atoms with Crippen LogP contribution in [-0.4, -0.2) is 55.6 Å². The smallest absolute Gasteiger partial charge is 0.414 e. The normalized spacial score (nSPS) is 12.2. The van der Waals surface area contributed by atoms with E-state index in [9.17, 15) is 9.59 Å². The van der Waals surface area contributed by atoms with Crippen molar-refractivity contribution in [3.05, 3.63) is 162 Å². The maximum absolute atomic E-state index is 13.7. The molecule has 0 unspecified atom stereocenters. The number of nitrogens with one attached hydrogen (secondary N) is 1. The lowest BCUT2D eigenvalue weighted by Crippen LogP contribution is -2.37. The Kier molecular flexibility index (Phi) is 12.7. The second kappa shape index (κ2) is 18.2. The highest BCUT2D eigenvalue weighted by Crippen LogP contribution is 2.54. The van der Waals surface area contributed by atoms with Crippen molar-refractivity contribution >= 4 is 84.6 Å². The van der Waals surface area contributed by atoms with E-state index in [1.54, 1.807) is 22.7 Å². The lowest BCUT2D eigenvalue weighted by molar-refractivity contribution is 0.0956. The summed E-state index contributed by atoms with van der Waals surface area (Å²) < 4.78 is 5.49. The van der Waals surface area contributed by atoms with Gasteiger partial charge in [0.1, 0.15) is 29.8 Å². The predicted octanol–water partition coefficient (Wildman–Crippen LogP) is 9.60. The number of nitrogens with zero attached hydrogens (tertiary/aromatic N) is 2. The van der Waals surface area contributed by atoms with Crippen molar-refractivity contribution in [3.8, 4) is 0 Å². The number of ether oxygens (including phenoxy) is 1. The fraction of sp³-hybridized carbons (Fsp3) is 0.196. The topological polar surface area (TPSA) is 71.0 Å². The summed E-state index contributed by atoms with van der Waals surface area (Å²) in [5.41, 5.74) is 5.37. The SMILES string of the molecule is CCCSSCCOC(=O)N(C)c1ccc2cc(C3=Nc4ccc(C(=O)NCC[P+](c5ccccc5)(c5ccccc5)c5ccccc5)cc4C3)ccc2c1. The molecule has 1 aliphatic heterocycles. The Morgan fingerprint density at radius 1 is 0.745 bits per heavy atom. The molecule has 1 N–H and O–H groups in total. The summed E-state index contributed by atoms with van der Waals surface area (Å²) >= 11 is 0. The van der Waals surface area contributed by atoms with Crippen molar-refractivity contribution < 1.29 is 14.3 Å². The molecule has 0 saturated heterocycles. The Hall–Kier alpha value is -4.88. The molecule has 9 heteroatoms. The summed E-state index contributed by atoms with van der Waals surface area (Å²) in [6.07, 6.45) is 2.23. The van der Waals surface area contributed by atoms with Crippen LogP contribution in [0.4, 0.5) is 16.2 Å². The second-order valence-electron chi connectivity index (χ2n) is 13.4. The third-order valence-electron chi connectivity index (χ3n) is 9.86. The van der Waals surface area contributed by atoms with Crippen LogP contribution in [0.25, 0.3) is 10.8 Å². The molecule has 278 valence electrons. The van der Waals surface area contributed by atoms with Gasteiger partial charge in [0.2, 0.25) is 0 Å². The zero-order valence-corrected chi connectivity index (χ0v) is 33.7. The lowest BCUT2D eigenvalue weighted by atomic mass is 9.99. The van der Waals surface area contributed by atoms with E-state index in [1.807, 2.05) is 47.2 Å². The first-order valence-corrected chi connectivity index (χ1v) is 23.1. The van der Waals surface area contributed by atoms with Crippen molar-refractivity contribution in [2.24, 2.45) is 4.99 Å². The van der Waals surface area contributed by atoms with Gasteiger partial charge in [-0.1, -0.05) is 101 Å². The van der Waals surface area contributed by atoms with Gasteiger partial charge in [-0.25, -0.2) is 4.79 Å². The van der Waals surface area contributed by atoms with Crippen molar-refractivity contribution in [1.82, 2.24) is 5.32 Å². The van der Waals surface area contributed by atoms with Gasteiger partial charge in [-0.3, -0.25) is 14.7 Å². The molecule has 0 radical (unpaired) electrons. The van der Waals surface area contributed by atoms with E-state index < -0.39 is 7.26 Å². The quantitative estimate of drug-likeness (QED) is 0.0639. The maximum Gasteiger partial charge on any atom is 0.414 e. The first-order chi connectivity index (χ1) is 27.0. The Morgan fingerprint density at radius 3 is 2.02 bits per heavy atom. The molecule has 55 heavy (non-hydrogen) atoms. The van der Waals surface area contributed by atoms with Gasteiger partial charge >= 0.3 is 6.09 Å². The van der Waals surface area contributed by atoms with Crippen LogP contribution < -0.4 is 26.1 Å². The molecule has 7 rings (SSSR count). The molecule has 0 spiro atoms. The highest BCUT2D eigenvalue weighted by Gasteiger charge is 2.44. The molecular weight excluding hydrogens is 738 g/mol. The largest absolute Gasteiger partial charge is 0.448 e. The van der Waals surface area contributed by atoms with Crippen LogP contribution >= 0.6 is 28.9 Å². The molecule has 0 bridgehead atoms. The van der Waals surface area contributed by atoms with Crippen LogP contribution in [0, 0.1) is 0 Å². The Bertz CT molecular complexity index is 2190. The lowest BCUT2D eigenvalue weighted by Gasteiger charge is -2.27. The van der Waals surface area contributed by atoms with Crippen LogP contribution in [-0.2, 0) is 11.2 Å². The number of carbonyl (C=O) groups is 2. The van der Waals surface area contributed by atoms with E-state index >= 15 is 0 Å². The monoisotopic (exact) mass is 782 g/mol. The molecule has 0 atom stereocenters. The molecule has 1 aliphatic rings. The number of hydrogen-bond donors (Lipinski definition) is 1. The van der Waals surface area contributed by atoms with Gasteiger partial charge in [0.05, 0.1) is 24.1 Å². The number of carbonyl (C=O) groups excluding carboxylic acids is 2. The fourth-order valence-corrected chi connectivity index (χ4v) is 13.1. The van der Waals surface area contributed by atoms with Crippen LogP contribution in [0.3, 0.4) is 0 Å². The standard InChI is InChI=1S/C46H44N3O3PS2/c1-3-28-54-55-29-26-52-46(51)49(2)39-23-21-34-30-36(20-19-35(34)32-39)44-33-38-31-37(22-24-43(38)48-44)45(50)47-25-27-53(40-13-7-4-8-14-40,41-15-9-5-10-16-41)42-17-11-6-12-18-42/h4-24,30-32H,3,25-29,33H2,1-2H3/p+1. The number of hydrogen-bond acceptors (Lipinski definition) is 6. The zero-order chi connectivity index (χ0) is 38.0. The maximum atomic E-state index is 13.7. The van der Waals surface area contributed by atoms with Gasteiger partial charge < -0.3 is 10.1 Å². The van der Waals surface area contributed by atoms with Crippen LogP contribution in [0.15, 0.2) is 151 Å². The number of benzene rings is 6. The molecule has 6 nitrogen and oxygen atoms in total. The third kappa shape index (κ3) is 8.83. The Morgan fingerprint density at radius 2 is 1.36 bits per heavy atom. The van der Waals surface area contributed by atoms with Crippen molar-refractivity contribution in [2.45, 2.75) is 19.8 Å². The Labute approximate surface area is 332 Å². The number of fused-ring (bicyclic) bond motifs is 2. The summed E-state index contributed by atoms with van der Waals surface area (Å²) in [5.74, 6) is 1.79. The van der Waals surface area contributed by atoms with E-state index in [1.165, 1.54) is 15.9 Å². The molecule has 6 aromatic carbocycles. The number of rotatable bonds is 15. The van der Waals surface area contributed by atoms with Crippen molar-refractivity contribution in [3.63, 3.8) is 0 Å². The first-order valence-electron chi connectivity index (χ1n) is 18.7. The van der Waals surface area contributed by atoms with Crippen molar-refractivity contribution in [1.29, 1.82) is 0 Å². The minimum absolute atomic E-state index is 0.0799. The second-order valence-corrected chi connectivity index (χ2v) is 19.8. The molecule has 0 fully saturated rings. The summed E-state index contributed by atoms with van der Waals surface area (Å²) in [6, 6.07) is 50.3. The number of anilines is 1. The fourth-order valence-electron chi connectivity index (χ4n) is 7.02. The molecule has 6 aromatic rings. The van der Waals surface area contributed by atoms with Crippen LogP contribution in [0.5, 0.6) is 0 Å². The van der Waals surface area contributed by atoms with E-state index in [2.05, 4.69) is 121 Å². The predicted molar refractivity (Wildman–Crippen MR) is 238 cm³/mol. The Balaban J connectivity index is 1.00. The van der Waals surface area contributed by atoms with Crippen LogP contribution in [0.2, 0.25) is 0 Å². The average Bonchev–Trinajstić information content (AvgIpc) is 3.68. The molecule has 0 aromatic heterocycles. The zero-order valence-electron chi connectivity index (χ0n) is 31.2. The molecular formula is C46H45N3O3PS2+. The van der Waals surface area contributed by atoms with Gasteiger partial charge in [-0.2, -0.15) is 0 Å². The first kappa shape index (κ1) is 38.4. The van der Waals surface area contributed by atoms with Crippen molar-refractivity contribution in [2.75, 3.05) is 42.8 Å². The molecule has 0 aliphatic carbocycles. The van der Waals surface area contributed by atoms with E-state index in [0.29, 0.717) is 25.1 Å². The third-order valence-corrected chi connectivity index (χ3v) is 16.9. The summed E-state index contributed by atoms with van der Waals surface area (Å²) in [6.45, 7) is 3.08. The molecule has 2 amide bonds. The van der Waals surface area contributed by atoms with Gasteiger partial charge in [0.25, 0.3) is 5.91 Å². The van der Waals surface area contributed by atoms with E-state index in [-0.39, 0.29) is 12.0 Å². The highest BCUT2D eigenvalue weighted by atomic mass is 33.1. The summed E-state index contributed by atoms with van der Waals surface area (Å²) in [4.78, 5) is 32.9. The average molecular weight is 783 g/mol. The number of aliphatic imine (C=N–C) groups is 1. The minimum atomic E-state index is -2.05. The molecule has 0 saturated carbocycles.